The summed E-state index contributed by atoms with van der Waals surface area (Å²) in [6.07, 6.45) is 0.929. The van der Waals surface area contributed by atoms with Crippen LogP contribution in [0.25, 0.3) is 11.1 Å². The summed E-state index contributed by atoms with van der Waals surface area (Å²) in [5.41, 5.74) is 6.57. The van der Waals surface area contributed by atoms with Crippen molar-refractivity contribution in [3.05, 3.63) is 138 Å². The number of methoxy groups -OCH3 is 1. The number of aryl methyl sites for hydroxylation is 1. The minimum Gasteiger partial charge on any atom is -0.497 e. The van der Waals surface area contributed by atoms with Crippen LogP contribution in [0.5, 0.6) is 5.75 Å². The molecule has 0 bridgehead atoms. The Morgan fingerprint density at radius 2 is 1.58 bits per heavy atom. The zero-order chi connectivity index (χ0) is 38.8. The number of nitrogens with one attached hydrogen (secondary N) is 2. The van der Waals surface area contributed by atoms with E-state index in [0.717, 1.165) is 79.7 Å². The second kappa shape index (κ2) is 18.7. The Morgan fingerprint density at radius 1 is 0.855 bits per heavy atom. The van der Waals surface area contributed by atoms with E-state index in [1.807, 2.05) is 49.4 Å². The van der Waals surface area contributed by atoms with Crippen LogP contribution in [0.15, 0.2) is 131 Å². The Morgan fingerprint density at radius 3 is 2.29 bits per heavy atom. The molecule has 11 heteroatoms. The van der Waals surface area contributed by atoms with E-state index in [1.165, 1.54) is 16.0 Å². The van der Waals surface area contributed by atoms with Gasteiger partial charge in [-0.3, -0.25) is 9.69 Å². The number of hydrogen-bond acceptors (Lipinski definition) is 9. The first-order valence-electron chi connectivity index (χ1n) is 18.6. The molecule has 0 spiro atoms. The largest absolute Gasteiger partial charge is 0.497 e. The maximum absolute atomic E-state index is 13.4. The second-order valence-electron chi connectivity index (χ2n) is 14.2. The van der Waals surface area contributed by atoms with E-state index < -0.39 is 15.9 Å². The minimum absolute atomic E-state index is 0.0491. The summed E-state index contributed by atoms with van der Waals surface area (Å²) in [5.74, 6) is 1.05. The molecule has 1 atom stereocenters. The topological polar surface area (TPSA) is 94.2 Å². The molecule has 1 fully saturated rings. The van der Waals surface area contributed by atoms with Crippen LogP contribution in [0, 0.1) is 6.92 Å². The van der Waals surface area contributed by atoms with Crippen molar-refractivity contribution in [3.63, 3.8) is 0 Å². The van der Waals surface area contributed by atoms with Crippen LogP contribution < -0.4 is 19.7 Å². The average molecular weight is 778 g/mol. The molecular weight excluding hydrogens is 727 g/mol. The normalized spacial score (nSPS) is 14.1. The lowest BCUT2D eigenvalue weighted by Gasteiger charge is -2.36. The first kappa shape index (κ1) is 39.9. The van der Waals surface area contributed by atoms with Gasteiger partial charge in [0.25, 0.3) is 15.9 Å². The molecular formula is C44H51N5O4S2. The molecule has 6 rings (SSSR count). The summed E-state index contributed by atoms with van der Waals surface area (Å²) in [5, 5.41) is 3.64. The number of carbonyl (C=O) groups excluding carboxylic acids is 1. The Hall–Kier alpha value is -4.81. The van der Waals surface area contributed by atoms with Gasteiger partial charge in [-0.25, -0.2) is 13.1 Å². The Kier molecular flexibility index (Phi) is 13.5. The van der Waals surface area contributed by atoms with Crippen molar-refractivity contribution in [1.29, 1.82) is 0 Å². The number of piperazine rings is 1. The molecule has 2 N–H and O–H groups in total. The fraction of sp³-hybridized carbons (Fsp3) is 0.295. The van der Waals surface area contributed by atoms with Gasteiger partial charge in [0, 0.05) is 66.4 Å². The highest BCUT2D eigenvalue weighted by Gasteiger charge is 2.22. The molecule has 5 aromatic rings. The minimum atomic E-state index is -4.09. The fourth-order valence-corrected chi connectivity index (χ4v) is 8.76. The van der Waals surface area contributed by atoms with E-state index in [0.29, 0.717) is 0 Å². The van der Waals surface area contributed by atoms with Crippen molar-refractivity contribution in [2.24, 2.45) is 0 Å². The molecule has 55 heavy (non-hydrogen) atoms. The number of thioether (sulfide) groups is 1. The van der Waals surface area contributed by atoms with Crippen LogP contribution in [0.1, 0.15) is 27.9 Å². The molecule has 9 nitrogen and oxygen atoms in total. The van der Waals surface area contributed by atoms with Gasteiger partial charge < -0.3 is 19.9 Å². The molecule has 0 unspecified atom stereocenters. The van der Waals surface area contributed by atoms with E-state index in [1.54, 1.807) is 49.2 Å². The first-order chi connectivity index (χ1) is 26.6. The van der Waals surface area contributed by atoms with Gasteiger partial charge in [-0.15, -0.1) is 11.8 Å². The lowest BCUT2D eigenvalue weighted by molar-refractivity contribution is 0.0981. The third-order valence-corrected chi connectivity index (χ3v) is 12.4. The lowest BCUT2D eigenvalue weighted by atomic mass is 9.99. The van der Waals surface area contributed by atoms with E-state index in [4.69, 9.17) is 4.74 Å². The standard InChI is InChI=1S/C44H51N5O4S2/c1-33-29-41(21-22-43(33)45-37(23-24-47(2)3)32-54-40-14-6-5-7-15-40)55(51,52)46-44(50)34-17-19-38(20-18-34)49-27-25-48(26-28-49)31-36-11-8-9-16-42(36)35-12-10-13-39(30-35)53-4/h5-22,29-30,37,45H,23-28,31-32H2,1-4H3,(H,46,50)/t37-/m1/s1. The summed E-state index contributed by atoms with van der Waals surface area (Å²) >= 11 is 1.79. The lowest BCUT2D eigenvalue weighted by Crippen LogP contribution is -2.46. The van der Waals surface area contributed by atoms with Gasteiger partial charge in [0.1, 0.15) is 5.75 Å². The Labute approximate surface area is 330 Å². The molecule has 1 heterocycles. The molecule has 1 aliphatic heterocycles. The van der Waals surface area contributed by atoms with E-state index in [9.17, 15) is 13.2 Å². The quantitative estimate of drug-likeness (QED) is 0.0982. The van der Waals surface area contributed by atoms with E-state index in [2.05, 4.69) is 87.4 Å². The Balaban J connectivity index is 1.03. The van der Waals surface area contributed by atoms with Crippen LogP contribution >= 0.6 is 11.8 Å². The third kappa shape index (κ3) is 10.9. The highest BCUT2D eigenvalue weighted by atomic mass is 32.2. The SMILES string of the molecule is COc1cccc(-c2ccccc2CN2CCN(c3ccc(C(=O)NS(=O)(=O)c4ccc(N[C@H](CCN(C)C)CSc5ccccc5)c(C)c4)cc3)CC2)c1. The van der Waals surface area contributed by atoms with Crippen molar-refractivity contribution >= 4 is 39.1 Å². The summed E-state index contributed by atoms with van der Waals surface area (Å²) in [6.45, 7) is 7.12. The molecule has 0 radical (unpaired) electrons. The monoisotopic (exact) mass is 777 g/mol. The van der Waals surface area contributed by atoms with Crippen molar-refractivity contribution in [2.75, 3.05) is 69.9 Å². The summed E-state index contributed by atoms with van der Waals surface area (Å²) < 4.78 is 34.5. The van der Waals surface area contributed by atoms with Gasteiger partial charge in [-0.05, 0) is 123 Å². The highest BCUT2D eigenvalue weighted by molar-refractivity contribution is 7.99. The smallest absolute Gasteiger partial charge is 0.264 e. The van der Waals surface area contributed by atoms with Crippen LogP contribution in [-0.2, 0) is 16.6 Å². The van der Waals surface area contributed by atoms with Crippen LogP contribution in [0.2, 0.25) is 0 Å². The highest BCUT2D eigenvalue weighted by Crippen LogP contribution is 2.29. The predicted octanol–water partition coefficient (Wildman–Crippen LogP) is 7.64. The van der Waals surface area contributed by atoms with Gasteiger partial charge in [0.2, 0.25) is 0 Å². The summed E-state index contributed by atoms with van der Waals surface area (Å²) in [7, 11) is 1.72. The van der Waals surface area contributed by atoms with Crippen LogP contribution in [0.4, 0.5) is 11.4 Å². The van der Waals surface area contributed by atoms with Gasteiger partial charge in [-0.2, -0.15) is 0 Å². The number of ether oxygens (including phenoxy) is 1. The third-order valence-electron chi connectivity index (χ3n) is 9.87. The maximum Gasteiger partial charge on any atom is 0.264 e. The number of benzene rings is 5. The number of anilines is 2. The number of carbonyl (C=O) groups is 1. The van der Waals surface area contributed by atoms with Crippen molar-refractivity contribution in [2.45, 2.75) is 35.7 Å². The molecule has 1 saturated heterocycles. The number of rotatable bonds is 16. The van der Waals surface area contributed by atoms with Crippen molar-refractivity contribution < 1.29 is 17.9 Å². The molecule has 288 valence electrons. The summed E-state index contributed by atoms with van der Waals surface area (Å²) in [4.78, 5) is 21.4. The molecule has 0 aromatic heterocycles. The van der Waals surface area contributed by atoms with Crippen molar-refractivity contribution in [1.82, 2.24) is 14.5 Å². The number of nitrogens with zero attached hydrogens (tertiary/aromatic N) is 3. The average Bonchev–Trinajstić information content (AvgIpc) is 3.20. The Bertz CT molecular complexity index is 2140. The summed E-state index contributed by atoms with van der Waals surface area (Å²) in [6, 6.07) is 39.3. The van der Waals surface area contributed by atoms with E-state index in [-0.39, 0.29) is 16.5 Å². The molecule has 5 aromatic carbocycles. The molecule has 1 aliphatic rings. The van der Waals surface area contributed by atoms with Crippen LogP contribution in [0.3, 0.4) is 0 Å². The van der Waals surface area contributed by atoms with Crippen molar-refractivity contribution in [3.8, 4) is 16.9 Å². The molecule has 1 amide bonds. The zero-order valence-corrected chi connectivity index (χ0v) is 33.7. The predicted molar refractivity (Wildman–Crippen MR) is 226 cm³/mol. The maximum atomic E-state index is 13.4. The van der Waals surface area contributed by atoms with E-state index >= 15 is 0 Å². The van der Waals surface area contributed by atoms with Crippen LogP contribution in [-0.4, -0.2) is 89.8 Å². The zero-order valence-electron chi connectivity index (χ0n) is 32.1. The first-order valence-corrected chi connectivity index (χ1v) is 21.1. The number of amides is 1. The van der Waals surface area contributed by atoms with Gasteiger partial charge in [0.15, 0.2) is 0 Å². The van der Waals surface area contributed by atoms with Gasteiger partial charge >= 0.3 is 0 Å². The molecule has 0 aliphatic carbocycles. The molecule has 0 saturated carbocycles. The van der Waals surface area contributed by atoms with Gasteiger partial charge in [0.05, 0.1) is 12.0 Å². The number of sulfonamides is 1. The van der Waals surface area contributed by atoms with Gasteiger partial charge in [-0.1, -0.05) is 54.6 Å². The second-order valence-corrected chi connectivity index (χ2v) is 16.9. The fourth-order valence-electron chi connectivity index (χ4n) is 6.71. The number of hydrogen-bond donors (Lipinski definition) is 2.